The summed E-state index contributed by atoms with van der Waals surface area (Å²) >= 11 is 1.54. The SMILES string of the molecule is [2H]C([2H])([2H])c1c[c-]c(-c2ccc(C([2H])([2H])[2H])cn2)cc1.[2H]C([2H])(c1ccccc1)c1ccc2s[c-]c(-c3nc4ccccc4n3-c3c(-c4ccccc4)cccc3-c3ccccc3)c2c1.[Ir]. The van der Waals surface area contributed by atoms with E-state index in [0.29, 0.717) is 22.4 Å². The molecule has 0 unspecified atom stereocenters. The van der Waals surface area contributed by atoms with Gasteiger partial charge in [0.15, 0.2) is 0 Å². The Morgan fingerprint density at radius 3 is 1.98 bits per heavy atom. The molecule has 5 heteroatoms. The first-order chi connectivity index (χ1) is 31.3. The zero-order valence-electron chi connectivity index (χ0n) is 39.0. The number of rotatable bonds is 7. The van der Waals surface area contributed by atoms with Crippen LogP contribution in [-0.4, -0.2) is 14.5 Å². The average molecular weight is 950 g/mol. The van der Waals surface area contributed by atoms with Crippen molar-refractivity contribution < 1.29 is 31.1 Å². The molecule has 7 aromatic carbocycles. The maximum absolute atomic E-state index is 9.06. The van der Waals surface area contributed by atoms with Gasteiger partial charge in [-0.3, -0.25) is 16.3 Å². The third-order valence-corrected chi connectivity index (χ3v) is 10.5. The molecule has 0 bridgehead atoms. The van der Waals surface area contributed by atoms with Gasteiger partial charge >= 0.3 is 0 Å². The van der Waals surface area contributed by atoms with E-state index in [1.807, 2.05) is 66.7 Å². The van der Waals surface area contributed by atoms with Crippen LogP contribution in [0.15, 0.2) is 188 Å². The zero-order valence-corrected chi connectivity index (χ0v) is 34.2. The molecule has 0 amide bonds. The number of pyridine rings is 1. The molecule has 0 spiro atoms. The molecule has 1 radical (unpaired) electrons. The molecule has 3 aromatic heterocycles. The summed E-state index contributed by atoms with van der Waals surface area (Å²) in [6.07, 6.45) is -0.358. The van der Waals surface area contributed by atoms with Gasteiger partial charge in [-0.15, -0.1) is 46.8 Å². The molecule has 0 aliphatic rings. The Morgan fingerprint density at radius 2 is 1.33 bits per heavy atom. The molecule has 0 atom stereocenters. The van der Waals surface area contributed by atoms with Gasteiger partial charge in [0, 0.05) is 48.4 Å². The van der Waals surface area contributed by atoms with Crippen LogP contribution in [0.4, 0.5) is 0 Å². The third-order valence-electron chi connectivity index (χ3n) is 9.64. The normalized spacial score (nSPS) is 13.6. The van der Waals surface area contributed by atoms with Crippen molar-refractivity contribution in [1.82, 2.24) is 14.5 Å². The van der Waals surface area contributed by atoms with Gasteiger partial charge in [0.1, 0.15) is 0 Å². The summed E-state index contributed by atoms with van der Waals surface area (Å²) in [6.45, 7) is -4.34. The summed E-state index contributed by atoms with van der Waals surface area (Å²) in [6, 6.07) is 61.4. The average Bonchev–Trinajstić information content (AvgIpc) is 3.93. The van der Waals surface area contributed by atoms with Crippen LogP contribution in [-0.2, 0) is 26.5 Å². The molecule has 3 heterocycles. The van der Waals surface area contributed by atoms with Gasteiger partial charge in [-0.25, -0.2) is 0 Å². The number of benzene rings is 7. The van der Waals surface area contributed by atoms with E-state index < -0.39 is 20.1 Å². The van der Waals surface area contributed by atoms with Crippen molar-refractivity contribution in [2.75, 3.05) is 0 Å². The standard InChI is InChI=1S/C40H27N2S.C13H12N.Ir/c1-4-13-28(14-5-1)25-29-23-24-38-34(26-29)35(27-43-38)40-41-36-21-10-11-22-37(36)42(40)39-32(30-15-6-2-7-16-30)19-12-20-33(39)31-17-8-3-9-18-31;1-10-3-6-12(7-4-10)13-8-5-11(2)9-14-13;/h1-24,26H,25H2;3-6,8-9H,1-2H3;/q2*-1;/i25D2;1D3,2D3;. The Kier molecular flexibility index (Phi) is 9.03. The topological polar surface area (TPSA) is 30.7 Å². The van der Waals surface area contributed by atoms with Crippen molar-refractivity contribution in [1.29, 1.82) is 0 Å². The van der Waals surface area contributed by atoms with E-state index in [1.165, 1.54) is 35.7 Å². The number of hydrogen-bond donors (Lipinski definition) is 0. The summed E-state index contributed by atoms with van der Waals surface area (Å²) < 4.78 is 65.1. The molecule has 0 saturated carbocycles. The van der Waals surface area contributed by atoms with Crippen LogP contribution in [0.1, 0.15) is 33.2 Å². The fourth-order valence-electron chi connectivity index (χ4n) is 6.95. The first-order valence-corrected chi connectivity index (χ1v) is 19.3. The van der Waals surface area contributed by atoms with Crippen LogP contribution in [0.5, 0.6) is 0 Å². The van der Waals surface area contributed by atoms with E-state index in [0.717, 1.165) is 60.4 Å². The van der Waals surface area contributed by atoms with E-state index in [4.69, 9.17) is 16.0 Å². The fraction of sp³-hybridized carbons (Fsp3) is 0.0566. The summed E-state index contributed by atoms with van der Waals surface area (Å²) in [7, 11) is 0. The number of fused-ring (bicyclic) bond motifs is 2. The smallest absolute Gasteiger partial charge is 0.0774 e. The summed E-state index contributed by atoms with van der Waals surface area (Å²) in [5, 5.41) is 4.51. The Hall–Kier alpha value is -6.23. The first kappa shape index (κ1) is 29.9. The van der Waals surface area contributed by atoms with E-state index >= 15 is 0 Å². The van der Waals surface area contributed by atoms with Gasteiger partial charge in [0.25, 0.3) is 0 Å². The maximum atomic E-state index is 9.06. The molecule has 10 aromatic rings. The van der Waals surface area contributed by atoms with Crippen molar-refractivity contribution in [3.63, 3.8) is 0 Å². The van der Waals surface area contributed by atoms with Gasteiger partial charge in [-0.1, -0.05) is 174 Å². The van der Waals surface area contributed by atoms with Crippen molar-refractivity contribution in [3.8, 4) is 50.6 Å². The summed E-state index contributed by atoms with van der Waals surface area (Å²) in [5.41, 5.74) is 11.0. The second kappa shape index (κ2) is 17.5. The minimum absolute atomic E-state index is 0. The molecular formula is C53H39IrN3S-2. The van der Waals surface area contributed by atoms with Crippen LogP contribution in [0.3, 0.4) is 0 Å². The Morgan fingerprint density at radius 1 is 0.655 bits per heavy atom. The molecule has 0 saturated heterocycles. The number of imidazole rings is 1. The van der Waals surface area contributed by atoms with Crippen molar-refractivity contribution >= 4 is 32.5 Å². The first-order valence-electron chi connectivity index (χ1n) is 22.5. The number of thiophene rings is 1. The van der Waals surface area contributed by atoms with Crippen LogP contribution < -0.4 is 0 Å². The predicted molar refractivity (Wildman–Crippen MR) is 239 cm³/mol. The molecule has 0 aliphatic carbocycles. The molecule has 0 N–H and O–H groups in total. The van der Waals surface area contributed by atoms with Gasteiger partial charge in [0.2, 0.25) is 0 Å². The van der Waals surface area contributed by atoms with Crippen molar-refractivity contribution in [2.45, 2.75) is 20.1 Å². The molecular weight excluding hydrogens is 903 g/mol. The van der Waals surface area contributed by atoms with Crippen LogP contribution in [0.2, 0.25) is 0 Å². The van der Waals surface area contributed by atoms with Crippen molar-refractivity contribution in [3.05, 3.63) is 222 Å². The Balaban J connectivity index is 0.000000238. The summed E-state index contributed by atoms with van der Waals surface area (Å²) in [5.74, 6) is 0.778. The number of hydrogen-bond acceptors (Lipinski definition) is 3. The fourth-order valence-corrected chi connectivity index (χ4v) is 7.77. The minimum Gasteiger partial charge on any atom is -0.332 e. The second-order valence-corrected chi connectivity index (χ2v) is 14.2. The summed E-state index contributed by atoms with van der Waals surface area (Å²) in [4.78, 5) is 9.32. The zero-order chi connectivity index (χ0) is 45.3. The van der Waals surface area contributed by atoms with E-state index in [1.54, 1.807) is 12.1 Å². The van der Waals surface area contributed by atoms with Crippen LogP contribution in [0.25, 0.3) is 71.7 Å². The molecule has 0 aliphatic heterocycles. The number of para-hydroxylation sites is 3. The van der Waals surface area contributed by atoms with E-state index in [9.17, 15) is 0 Å². The number of aryl methyl sites for hydroxylation is 2. The van der Waals surface area contributed by atoms with Gasteiger partial charge in [0.05, 0.1) is 22.5 Å². The molecule has 0 fully saturated rings. The van der Waals surface area contributed by atoms with E-state index in [-0.39, 0.29) is 31.2 Å². The van der Waals surface area contributed by atoms with Gasteiger partial charge in [-0.2, -0.15) is 0 Å². The van der Waals surface area contributed by atoms with Crippen LogP contribution >= 0.6 is 11.3 Å². The number of nitrogens with zero attached hydrogens (tertiary/aromatic N) is 3. The largest absolute Gasteiger partial charge is 0.332 e. The maximum Gasteiger partial charge on any atom is 0.0774 e. The Bertz CT molecular complexity index is 3130. The molecule has 58 heavy (non-hydrogen) atoms. The minimum atomic E-state index is -2.18. The Labute approximate surface area is 369 Å². The molecule has 10 rings (SSSR count). The van der Waals surface area contributed by atoms with E-state index in [2.05, 4.69) is 106 Å². The monoisotopic (exact) mass is 950 g/mol. The third kappa shape index (κ3) is 8.12. The predicted octanol–water partition coefficient (Wildman–Crippen LogP) is 13.8. The van der Waals surface area contributed by atoms with Gasteiger partial charge < -0.3 is 9.55 Å². The quantitative estimate of drug-likeness (QED) is 0.149. The second-order valence-electron chi connectivity index (χ2n) is 13.4. The van der Waals surface area contributed by atoms with Crippen molar-refractivity contribution in [2.24, 2.45) is 0 Å². The van der Waals surface area contributed by atoms with Gasteiger partial charge in [-0.05, 0) is 53.3 Å². The molecule has 3 nitrogen and oxygen atoms in total. The number of aromatic nitrogens is 3. The molecule has 283 valence electrons. The van der Waals surface area contributed by atoms with Crippen LogP contribution in [0, 0.1) is 25.2 Å².